The molecule has 1 aromatic rings. The fourth-order valence-corrected chi connectivity index (χ4v) is 2.72. The predicted octanol–water partition coefficient (Wildman–Crippen LogP) is 2.62. The van der Waals surface area contributed by atoms with Gasteiger partial charge in [0, 0.05) is 26.7 Å². The maximum Gasteiger partial charge on any atom is 0.191 e. The summed E-state index contributed by atoms with van der Waals surface area (Å²) in [7, 11) is 1.83. The average Bonchev–Trinajstić information content (AvgIpc) is 2.97. The van der Waals surface area contributed by atoms with Gasteiger partial charge in [-0.15, -0.1) is 24.0 Å². The molecule has 5 heteroatoms. The van der Waals surface area contributed by atoms with E-state index in [4.69, 9.17) is 0 Å². The van der Waals surface area contributed by atoms with E-state index in [9.17, 15) is 0 Å². The van der Waals surface area contributed by atoms with Crippen molar-refractivity contribution < 1.29 is 0 Å². The molecule has 1 aromatic carbocycles. The third-order valence-electron chi connectivity index (χ3n) is 4.18. The molecule has 0 bridgehead atoms. The number of rotatable bonds is 5. The zero-order valence-corrected chi connectivity index (χ0v) is 16.3. The first-order valence-corrected chi connectivity index (χ1v) is 7.93. The Labute approximate surface area is 151 Å². The first-order valence-electron chi connectivity index (χ1n) is 7.93. The van der Waals surface area contributed by atoms with Crippen molar-refractivity contribution in [1.82, 2.24) is 15.5 Å². The Morgan fingerprint density at radius 2 is 2.00 bits per heavy atom. The minimum absolute atomic E-state index is 0. The minimum atomic E-state index is 0. The molecular formula is C17H29IN4. The van der Waals surface area contributed by atoms with Crippen molar-refractivity contribution >= 4 is 29.9 Å². The van der Waals surface area contributed by atoms with E-state index >= 15 is 0 Å². The lowest BCUT2D eigenvalue weighted by molar-refractivity contribution is 0.342. The SMILES string of the molecule is CCN1CCC(CNC(=NC)NCc2ccc(C)cc2)C1.I. The molecule has 124 valence electrons. The quantitative estimate of drug-likeness (QED) is 0.441. The van der Waals surface area contributed by atoms with Crippen LogP contribution in [0.5, 0.6) is 0 Å². The highest BCUT2D eigenvalue weighted by molar-refractivity contribution is 14.0. The molecule has 0 radical (unpaired) electrons. The van der Waals surface area contributed by atoms with Crippen molar-refractivity contribution in [2.75, 3.05) is 33.2 Å². The second-order valence-corrected chi connectivity index (χ2v) is 5.84. The van der Waals surface area contributed by atoms with Crippen LogP contribution in [0.15, 0.2) is 29.3 Å². The number of nitrogens with one attached hydrogen (secondary N) is 2. The normalized spacial score (nSPS) is 18.9. The molecule has 1 unspecified atom stereocenters. The van der Waals surface area contributed by atoms with E-state index in [1.54, 1.807) is 0 Å². The molecule has 22 heavy (non-hydrogen) atoms. The Bertz CT molecular complexity index is 458. The number of hydrogen-bond donors (Lipinski definition) is 2. The zero-order valence-electron chi connectivity index (χ0n) is 13.9. The predicted molar refractivity (Wildman–Crippen MR) is 105 cm³/mol. The van der Waals surface area contributed by atoms with Crippen molar-refractivity contribution in [2.24, 2.45) is 10.9 Å². The summed E-state index contributed by atoms with van der Waals surface area (Å²) in [5.41, 5.74) is 2.57. The van der Waals surface area contributed by atoms with Crippen LogP contribution in [0, 0.1) is 12.8 Å². The molecule has 1 aliphatic heterocycles. The Hall–Kier alpha value is -0.820. The van der Waals surface area contributed by atoms with Gasteiger partial charge in [-0.25, -0.2) is 0 Å². The summed E-state index contributed by atoms with van der Waals surface area (Å²) in [4.78, 5) is 6.81. The molecule has 2 rings (SSSR count). The van der Waals surface area contributed by atoms with Crippen LogP contribution < -0.4 is 10.6 Å². The molecular weight excluding hydrogens is 387 g/mol. The molecule has 4 nitrogen and oxygen atoms in total. The lowest BCUT2D eigenvalue weighted by atomic mass is 10.1. The molecule has 0 spiro atoms. The van der Waals surface area contributed by atoms with Crippen LogP contribution >= 0.6 is 24.0 Å². The summed E-state index contributed by atoms with van der Waals surface area (Å²) in [5, 5.41) is 6.83. The van der Waals surface area contributed by atoms with E-state index in [1.807, 2.05) is 7.05 Å². The number of benzene rings is 1. The van der Waals surface area contributed by atoms with E-state index in [1.165, 1.54) is 30.6 Å². The van der Waals surface area contributed by atoms with Crippen LogP contribution in [0.3, 0.4) is 0 Å². The molecule has 0 aromatic heterocycles. The summed E-state index contributed by atoms with van der Waals surface area (Å²) >= 11 is 0. The summed E-state index contributed by atoms with van der Waals surface area (Å²) < 4.78 is 0. The number of likely N-dealkylation sites (tertiary alicyclic amines) is 1. The zero-order chi connectivity index (χ0) is 15.1. The van der Waals surface area contributed by atoms with Gasteiger partial charge in [-0.2, -0.15) is 0 Å². The van der Waals surface area contributed by atoms with Crippen molar-refractivity contribution in [3.05, 3.63) is 35.4 Å². The topological polar surface area (TPSA) is 39.7 Å². The summed E-state index contributed by atoms with van der Waals surface area (Å²) in [5.74, 6) is 1.63. The van der Waals surface area contributed by atoms with Gasteiger partial charge in [0.2, 0.25) is 0 Å². The van der Waals surface area contributed by atoms with E-state index in [-0.39, 0.29) is 24.0 Å². The highest BCUT2D eigenvalue weighted by atomic mass is 127. The minimum Gasteiger partial charge on any atom is -0.356 e. The van der Waals surface area contributed by atoms with Crippen molar-refractivity contribution in [2.45, 2.75) is 26.8 Å². The van der Waals surface area contributed by atoms with Crippen molar-refractivity contribution in [1.29, 1.82) is 0 Å². The lowest BCUT2D eigenvalue weighted by Gasteiger charge is -2.16. The number of aliphatic imine (C=N–C) groups is 1. The first kappa shape index (κ1) is 19.2. The van der Waals surface area contributed by atoms with Gasteiger partial charge in [0.05, 0.1) is 0 Å². The van der Waals surface area contributed by atoms with Crippen LogP contribution in [-0.4, -0.2) is 44.1 Å². The smallest absolute Gasteiger partial charge is 0.191 e. The van der Waals surface area contributed by atoms with Gasteiger partial charge in [0.15, 0.2) is 5.96 Å². The fraction of sp³-hybridized carbons (Fsp3) is 0.588. The van der Waals surface area contributed by atoms with Crippen LogP contribution in [0.4, 0.5) is 0 Å². The third kappa shape index (κ3) is 6.12. The lowest BCUT2D eigenvalue weighted by Crippen LogP contribution is -2.39. The Morgan fingerprint density at radius 3 is 2.59 bits per heavy atom. The summed E-state index contributed by atoms with van der Waals surface area (Å²) in [6.45, 7) is 9.76. The average molecular weight is 416 g/mol. The second-order valence-electron chi connectivity index (χ2n) is 5.84. The van der Waals surface area contributed by atoms with Crippen LogP contribution in [0.1, 0.15) is 24.5 Å². The summed E-state index contributed by atoms with van der Waals surface area (Å²) in [6, 6.07) is 8.60. The number of nitrogens with zero attached hydrogens (tertiary/aromatic N) is 2. The Morgan fingerprint density at radius 1 is 1.27 bits per heavy atom. The number of guanidine groups is 1. The highest BCUT2D eigenvalue weighted by Crippen LogP contribution is 2.14. The standard InChI is InChI=1S/C17H28N4.HI/c1-4-21-10-9-16(13-21)12-20-17(18-3)19-11-15-7-5-14(2)6-8-15;/h5-8,16H,4,9-13H2,1-3H3,(H2,18,19,20);1H. The molecule has 0 aliphatic carbocycles. The fourth-order valence-electron chi connectivity index (χ4n) is 2.72. The van der Waals surface area contributed by atoms with Gasteiger partial charge in [-0.3, -0.25) is 4.99 Å². The van der Waals surface area contributed by atoms with Gasteiger partial charge in [0.1, 0.15) is 0 Å². The van der Waals surface area contributed by atoms with Gasteiger partial charge >= 0.3 is 0 Å². The molecule has 0 amide bonds. The van der Waals surface area contributed by atoms with E-state index < -0.39 is 0 Å². The Balaban J connectivity index is 0.00000242. The Kier molecular flexibility index (Phi) is 8.78. The molecule has 1 aliphatic rings. The monoisotopic (exact) mass is 416 g/mol. The summed E-state index contributed by atoms with van der Waals surface area (Å²) in [6.07, 6.45) is 1.29. The number of hydrogen-bond acceptors (Lipinski definition) is 2. The highest BCUT2D eigenvalue weighted by Gasteiger charge is 2.20. The number of aryl methyl sites for hydroxylation is 1. The molecule has 0 saturated carbocycles. The molecule has 2 N–H and O–H groups in total. The van der Waals surface area contributed by atoms with E-state index in [2.05, 4.69) is 58.6 Å². The van der Waals surface area contributed by atoms with Gasteiger partial charge in [-0.05, 0) is 37.9 Å². The maximum absolute atomic E-state index is 4.30. The maximum atomic E-state index is 4.30. The van der Waals surface area contributed by atoms with Gasteiger partial charge in [0.25, 0.3) is 0 Å². The third-order valence-corrected chi connectivity index (χ3v) is 4.18. The largest absolute Gasteiger partial charge is 0.356 e. The van der Waals surface area contributed by atoms with Crippen molar-refractivity contribution in [3.8, 4) is 0 Å². The van der Waals surface area contributed by atoms with Gasteiger partial charge in [-0.1, -0.05) is 36.8 Å². The molecule has 1 saturated heterocycles. The van der Waals surface area contributed by atoms with Gasteiger partial charge < -0.3 is 15.5 Å². The van der Waals surface area contributed by atoms with Crippen LogP contribution in [0.2, 0.25) is 0 Å². The van der Waals surface area contributed by atoms with E-state index in [0.717, 1.165) is 31.5 Å². The van der Waals surface area contributed by atoms with Crippen LogP contribution in [0.25, 0.3) is 0 Å². The van der Waals surface area contributed by atoms with Crippen LogP contribution in [-0.2, 0) is 6.54 Å². The van der Waals surface area contributed by atoms with E-state index in [0.29, 0.717) is 0 Å². The molecule has 1 heterocycles. The second kappa shape index (κ2) is 10.0. The van der Waals surface area contributed by atoms with Crippen molar-refractivity contribution in [3.63, 3.8) is 0 Å². The molecule has 1 atom stereocenters. The molecule has 1 fully saturated rings. The first-order chi connectivity index (χ1) is 10.2. The number of halogens is 1.